The molecular weight excluding hydrogens is 293 g/mol. The Kier molecular flexibility index (Phi) is 6.16. The van der Waals surface area contributed by atoms with E-state index in [9.17, 15) is 13.2 Å². The molecule has 1 aromatic carbocycles. The minimum Gasteiger partial charge on any atom is -0.498 e. The van der Waals surface area contributed by atoms with E-state index < -0.39 is 17.5 Å². The van der Waals surface area contributed by atoms with E-state index in [2.05, 4.69) is 6.92 Å². The Bertz CT molecular complexity index is 506. The molecule has 2 rings (SSSR count). The third-order valence-corrected chi connectivity index (χ3v) is 3.68. The average molecular weight is 314 g/mol. The molecule has 1 heterocycles. The molecule has 1 aliphatic heterocycles. The monoisotopic (exact) mass is 314 g/mol. The Morgan fingerprint density at radius 2 is 1.95 bits per heavy atom. The molecule has 1 aliphatic rings. The van der Waals surface area contributed by atoms with Crippen LogP contribution in [0.3, 0.4) is 0 Å². The van der Waals surface area contributed by atoms with Crippen molar-refractivity contribution in [1.82, 2.24) is 0 Å². The summed E-state index contributed by atoms with van der Waals surface area (Å²) in [7, 11) is 0. The van der Waals surface area contributed by atoms with Crippen molar-refractivity contribution < 1.29 is 22.6 Å². The quantitative estimate of drug-likeness (QED) is 0.513. The van der Waals surface area contributed by atoms with Crippen LogP contribution in [0, 0.1) is 17.5 Å². The fourth-order valence-corrected chi connectivity index (χ4v) is 2.50. The molecular formula is C17H21F3O2. The van der Waals surface area contributed by atoms with Crippen LogP contribution in [-0.2, 0) is 4.74 Å². The summed E-state index contributed by atoms with van der Waals surface area (Å²) in [5.74, 6) is -3.94. The molecule has 0 amide bonds. The molecule has 122 valence electrons. The third kappa shape index (κ3) is 4.68. The van der Waals surface area contributed by atoms with Gasteiger partial charge >= 0.3 is 0 Å². The number of ether oxygens (including phenoxy) is 2. The molecule has 1 atom stereocenters. The second kappa shape index (κ2) is 8.11. The van der Waals surface area contributed by atoms with Crippen molar-refractivity contribution in [2.45, 2.75) is 51.6 Å². The molecule has 0 aliphatic carbocycles. The van der Waals surface area contributed by atoms with E-state index in [0.29, 0.717) is 13.0 Å². The zero-order chi connectivity index (χ0) is 15.9. The second-order valence-corrected chi connectivity index (χ2v) is 5.51. The predicted octanol–water partition coefficient (Wildman–Crippen LogP) is 5.13. The van der Waals surface area contributed by atoms with Crippen molar-refractivity contribution in [2.24, 2.45) is 0 Å². The summed E-state index contributed by atoms with van der Waals surface area (Å²) in [5.41, 5.74) is 1.35. The number of rotatable bonds is 7. The van der Waals surface area contributed by atoms with Crippen molar-refractivity contribution in [1.29, 1.82) is 0 Å². The largest absolute Gasteiger partial charge is 0.498 e. The lowest BCUT2D eigenvalue weighted by molar-refractivity contribution is 0.103. The average Bonchev–Trinajstić information content (AvgIpc) is 2.51. The van der Waals surface area contributed by atoms with E-state index in [-0.39, 0.29) is 11.9 Å². The molecule has 0 N–H and O–H groups in total. The molecule has 0 spiro atoms. The Labute approximate surface area is 128 Å². The fourth-order valence-electron chi connectivity index (χ4n) is 2.50. The van der Waals surface area contributed by atoms with Crippen molar-refractivity contribution in [3.63, 3.8) is 0 Å². The molecule has 0 saturated heterocycles. The summed E-state index contributed by atoms with van der Waals surface area (Å²) in [4.78, 5) is 0. The van der Waals surface area contributed by atoms with E-state index in [1.54, 1.807) is 0 Å². The zero-order valence-corrected chi connectivity index (χ0v) is 12.7. The van der Waals surface area contributed by atoms with Gasteiger partial charge in [0, 0.05) is 12.1 Å². The first-order chi connectivity index (χ1) is 10.6. The summed E-state index contributed by atoms with van der Waals surface area (Å²) in [6.45, 7) is 2.46. The standard InChI is InChI=1S/C17H21F3O2/c1-2-4-12-6-7-13(22-11-12)5-3-8-21-14-9-15(18)17(20)16(19)10-14/h9-11,13H,2-8H2,1H3. The van der Waals surface area contributed by atoms with E-state index >= 15 is 0 Å². The highest BCUT2D eigenvalue weighted by atomic mass is 19.2. The van der Waals surface area contributed by atoms with E-state index in [1.165, 1.54) is 5.57 Å². The molecule has 0 fully saturated rings. The van der Waals surface area contributed by atoms with Crippen molar-refractivity contribution in [3.8, 4) is 5.75 Å². The van der Waals surface area contributed by atoms with Crippen LogP contribution in [0.15, 0.2) is 24.0 Å². The smallest absolute Gasteiger partial charge is 0.194 e. The van der Waals surface area contributed by atoms with Gasteiger partial charge in [-0.2, -0.15) is 0 Å². The number of allylic oxidation sites excluding steroid dienone is 1. The Balaban J connectivity index is 1.70. The number of benzene rings is 1. The lowest BCUT2D eigenvalue weighted by Crippen LogP contribution is -2.16. The van der Waals surface area contributed by atoms with Gasteiger partial charge in [0.25, 0.3) is 0 Å². The van der Waals surface area contributed by atoms with Gasteiger partial charge < -0.3 is 9.47 Å². The van der Waals surface area contributed by atoms with Gasteiger partial charge in [-0.1, -0.05) is 13.3 Å². The summed E-state index contributed by atoms with van der Waals surface area (Å²) in [6, 6.07) is 1.71. The van der Waals surface area contributed by atoms with Crippen LogP contribution in [0.4, 0.5) is 13.2 Å². The van der Waals surface area contributed by atoms with Gasteiger partial charge in [-0.25, -0.2) is 13.2 Å². The highest BCUT2D eigenvalue weighted by Crippen LogP contribution is 2.24. The van der Waals surface area contributed by atoms with Gasteiger partial charge in [0.05, 0.1) is 19.0 Å². The Hall–Kier alpha value is -1.65. The van der Waals surface area contributed by atoms with Crippen LogP contribution >= 0.6 is 0 Å². The number of hydrogen-bond acceptors (Lipinski definition) is 2. The van der Waals surface area contributed by atoms with Crippen LogP contribution in [0.1, 0.15) is 45.4 Å². The molecule has 1 aromatic rings. The highest BCUT2D eigenvalue weighted by molar-refractivity contribution is 5.24. The summed E-state index contributed by atoms with van der Waals surface area (Å²) >= 11 is 0. The molecule has 0 saturated carbocycles. The van der Waals surface area contributed by atoms with E-state index in [1.807, 2.05) is 6.26 Å². The van der Waals surface area contributed by atoms with E-state index in [4.69, 9.17) is 9.47 Å². The lowest BCUT2D eigenvalue weighted by atomic mass is 10.00. The van der Waals surface area contributed by atoms with Gasteiger partial charge in [0.2, 0.25) is 0 Å². The molecule has 0 aromatic heterocycles. The lowest BCUT2D eigenvalue weighted by Gasteiger charge is -2.23. The SMILES string of the molecule is CCCC1=COC(CCCOc2cc(F)c(F)c(F)c2)CC1. The first kappa shape index (κ1) is 16.7. The maximum Gasteiger partial charge on any atom is 0.194 e. The first-order valence-corrected chi connectivity index (χ1v) is 7.71. The van der Waals surface area contributed by atoms with Gasteiger partial charge in [-0.3, -0.25) is 0 Å². The molecule has 0 bridgehead atoms. The van der Waals surface area contributed by atoms with E-state index in [0.717, 1.165) is 44.2 Å². The van der Waals surface area contributed by atoms with Crippen LogP contribution < -0.4 is 4.74 Å². The van der Waals surface area contributed by atoms with Crippen molar-refractivity contribution >= 4 is 0 Å². The summed E-state index contributed by atoms with van der Waals surface area (Å²) < 4.78 is 49.8. The van der Waals surface area contributed by atoms with Crippen LogP contribution in [0.5, 0.6) is 5.75 Å². The topological polar surface area (TPSA) is 18.5 Å². The Morgan fingerprint density at radius 3 is 2.55 bits per heavy atom. The maximum atomic E-state index is 13.0. The van der Waals surface area contributed by atoms with Crippen molar-refractivity contribution in [3.05, 3.63) is 41.4 Å². The Morgan fingerprint density at radius 1 is 1.23 bits per heavy atom. The second-order valence-electron chi connectivity index (χ2n) is 5.51. The zero-order valence-electron chi connectivity index (χ0n) is 12.7. The molecule has 1 unspecified atom stereocenters. The van der Waals surface area contributed by atoms with Gasteiger partial charge in [0.15, 0.2) is 17.5 Å². The third-order valence-electron chi connectivity index (χ3n) is 3.68. The van der Waals surface area contributed by atoms with Crippen LogP contribution in [0.2, 0.25) is 0 Å². The van der Waals surface area contributed by atoms with Crippen LogP contribution in [0.25, 0.3) is 0 Å². The molecule has 0 radical (unpaired) electrons. The minimum atomic E-state index is -1.47. The van der Waals surface area contributed by atoms with Gasteiger partial charge in [0.1, 0.15) is 5.75 Å². The molecule has 5 heteroatoms. The highest BCUT2D eigenvalue weighted by Gasteiger charge is 2.15. The maximum absolute atomic E-state index is 13.0. The fraction of sp³-hybridized carbons (Fsp3) is 0.529. The van der Waals surface area contributed by atoms with Crippen LogP contribution in [-0.4, -0.2) is 12.7 Å². The van der Waals surface area contributed by atoms with Gasteiger partial charge in [-0.15, -0.1) is 0 Å². The van der Waals surface area contributed by atoms with Gasteiger partial charge in [-0.05, 0) is 37.7 Å². The number of halogens is 3. The normalized spacial score (nSPS) is 17.8. The summed E-state index contributed by atoms with van der Waals surface area (Å²) in [5, 5.41) is 0. The molecule has 22 heavy (non-hydrogen) atoms. The van der Waals surface area contributed by atoms with Crippen molar-refractivity contribution in [2.75, 3.05) is 6.61 Å². The minimum absolute atomic E-state index is 0.00564. The first-order valence-electron chi connectivity index (χ1n) is 7.71. The number of hydrogen-bond donors (Lipinski definition) is 0. The summed E-state index contributed by atoms with van der Waals surface area (Å²) in [6.07, 6.45) is 7.83. The predicted molar refractivity (Wildman–Crippen MR) is 78.1 cm³/mol. The molecule has 2 nitrogen and oxygen atoms in total.